The molecule has 0 radical (unpaired) electrons. The molecular weight excluding hydrogens is 264 g/mol. The van der Waals surface area contributed by atoms with E-state index in [2.05, 4.69) is 37.1 Å². The summed E-state index contributed by atoms with van der Waals surface area (Å²) in [5.74, 6) is 1.07. The van der Waals surface area contributed by atoms with Gasteiger partial charge in [0.2, 0.25) is 0 Å². The standard InChI is InChI=1S/C17H28N2O2/c1-17(2,3)18-11-16-13(7-9-20-16)12-19-8-10-21-15-6-4-5-14(15)19/h7,9,14-15,18H,4-6,8,10-12H2,1-3H3. The van der Waals surface area contributed by atoms with Gasteiger partial charge in [0, 0.05) is 30.2 Å². The Balaban J connectivity index is 1.63. The first kappa shape index (κ1) is 15.1. The minimum atomic E-state index is 0.111. The number of hydrogen-bond acceptors (Lipinski definition) is 4. The summed E-state index contributed by atoms with van der Waals surface area (Å²) in [6.07, 6.45) is 6.09. The Bertz CT molecular complexity index is 464. The van der Waals surface area contributed by atoms with Gasteiger partial charge in [-0.1, -0.05) is 0 Å². The largest absolute Gasteiger partial charge is 0.468 e. The summed E-state index contributed by atoms with van der Waals surface area (Å²) in [4.78, 5) is 2.59. The summed E-state index contributed by atoms with van der Waals surface area (Å²) in [7, 11) is 0. The lowest BCUT2D eigenvalue weighted by atomic mass is 10.1. The first-order valence-electron chi connectivity index (χ1n) is 8.19. The van der Waals surface area contributed by atoms with Crippen LogP contribution in [0.1, 0.15) is 51.4 Å². The van der Waals surface area contributed by atoms with E-state index in [0.29, 0.717) is 12.1 Å². The second-order valence-electron chi connectivity index (χ2n) is 7.35. The third-order valence-electron chi connectivity index (χ3n) is 4.59. The number of furan rings is 1. The number of ether oxygens (including phenoxy) is 1. The Hall–Kier alpha value is -0.840. The number of fused-ring (bicyclic) bond motifs is 1. The summed E-state index contributed by atoms with van der Waals surface area (Å²) in [6, 6.07) is 2.73. The van der Waals surface area contributed by atoms with Crippen molar-refractivity contribution in [2.75, 3.05) is 13.2 Å². The molecule has 3 rings (SSSR count). The lowest BCUT2D eigenvalue weighted by molar-refractivity contribution is -0.0589. The highest BCUT2D eigenvalue weighted by Gasteiger charge is 2.36. The van der Waals surface area contributed by atoms with Gasteiger partial charge in [-0.3, -0.25) is 4.90 Å². The summed E-state index contributed by atoms with van der Waals surface area (Å²) in [5, 5.41) is 3.51. The second-order valence-corrected chi connectivity index (χ2v) is 7.35. The summed E-state index contributed by atoms with van der Waals surface area (Å²) < 4.78 is 11.6. The molecule has 0 bridgehead atoms. The fourth-order valence-electron chi connectivity index (χ4n) is 3.43. The lowest BCUT2D eigenvalue weighted by Crippen LogP contribution is -2.48. The molecule has 1 N–H and O–H groups in total. The first-order chi connectivity index (χ1) is 10.0. The number of hydrogen-bond donors (Lipinski definition) is 1. The van der Waals surface area contributed by atoms with Gasteiger partial charge in [-0.05, 0) is 46.1 Å². The molecule has 1 saturated heterocycles. The molecule has 1 aliphatic carbocycles. The zero-order valence-electron chi connectivity index (χ0n) is 13.5. The molecule has 2 unspecified atom stereocenters. The highest BCUT2D eigenvalue weighted by Crippen LogP contribution is 2.31. The van der Waals surface area contributed by atoms with Crippen molar-refractivity contribution >= 4 is 0 Å². The Kier molecular flexibility index (Phi) is 4.38. The molecule has 2 fully saturated rings. The molecule has 1 aromatic rings. The second kappa shape index (κ2) is 6.11. The highest BCUT2D eigenvalue weighted by molar-refractivity contribution is 5.17. The Labute approximate surface area is 127 Å². The Morgan fingerprint density at radius 2 is 2.19 bits per heavy atom. The number of morpholine rings is 1. The van der Waals surface area contributed by atoms with Gasteiger partial charge >= 0.3 is 0 Å². The van der Waals surface area contributed by atoms with E-state index >= 15 is 0 Å². The molecule has 0 amide bonds. The molecule has 2 heterocycles. The van der Waals surface area contributed by atoms with E-state index in [9.17, 15) is 0 Å². The van der Waals surface area contributed by atoms with E-state index in [1.54, 1.807) is 0 Å². The van der Waals surface area contributed by atoms with Crippen molar-refractivity contribution in [1.29, 1.82) is 0 Å². The van der Waals surface area contributed by atoms with Crippen molar-refractivity contribution in [2.45, 2.75) is 70.8 Å². The van der Waals surface area contributed by atoms with Gasteiger partial charge in [-0.2, -0.15) is 0 Å². The Morgan fingerprint density at radius 3 is 3.00 bits per heavy atom. The molecule has 1 saturated carbocycles. The van der Waals surface area contributed by atoms with Gasteiger partial charge in [0.05, 0.1) is 25.5 Å². The van der Waals surface area contributed by atoms with Crippen molar-refractivity contribution < 1.29 is 9.15 Å². The van der Waals surface area contributed by atoms with Crippen LogP contribution in [0.15, 0.2) is 16.7 Å². The maximum atomic E-state index is 5.90. The maximum absolute atomic E-state index is 5.90. The minimum Gasteiger partial charge on any atom is -0.468 e. The third-order valence-corrected chi connectivity index (χ3v) is 4.59. The van der Waals surface area contributed by atoms with Crippen LogP contribution in [0.5, 0.6) is 0 Å². The molecule has 0 aromatic carbocycles. The van der Waals surface area contributed by atoms with E-state index in [1.165, 1.54) is 24.8 Å². The predicted molar refractivity (Wildman–Crippen MR) is 83.1 cm³/mol. The van der Waals surface area contributed by atoms with Crippen LogP contribution in [0.2, 0.25) is 0 Å². The normalized spacial score (nSPS) is 27.0. The van der Waals surface area contributed by atoms with Crippen LogP contribution < -0.4 is 5.32 Å². The van der Waals surface area contributed by atoms with E-state index in [1.807, 2.05) is 6.26 Å². The molecule has 21 heavy (non-hydrogen) atoms. The molecule has 2 aliphatic rings. The Morgan fingerprint density at radius 1 is 1.33 bits per heavy atom. The maximum Gasteiger partial charge on any atom is 0.122 e. The molecular formula is C17H28N2O2. The van der Waals surface area contributed by atoms with Crippen molar-refractivity contribution in [1.82, 2.24) is 10.2 Å². The molecule has 4 nitrogen and oxygen atoms in total. The van der Waals surface area contributed by atoms with Crippen molar-refractivity contribution in [3.63, 3.8) is 0 Å². The van der Waals surface area contributed by atoms with Crippen LogP contribution in [0.25, 0.3) is 0 Å². The van der Waals surface area contributed by atoms with E-state index in [-0.39, 0.29) is 5.54 Å². The molecule has 1 aliphatic heterocycles. The average molecular weight is 292 g/mol. The van der Waals surface area contributed by atoms with Crippen molar-refractivity contribution in [3.8, 4) is 0 Å². The van der Waals surface area contributed by atoms with Gasteiger partial charge in [0.25, 0.3) is 0 Å². The number of nitrogens with one attached hydrogen (secondary N) is 1. The summed E-state index contributed by atoms with van der Waals surface area (Å²) in [5.41, 5.74) is 1.43. The van der Waals surface area contributed by atoms with E-state index < -0.39 is 0 Å². The van der Waals surface area contributed by atoms with Crippen LogP contribution >= 0.6 is 0 Å². The van der Waals surface area contributed by atoms with Crippen LogP contribution in [0.4, 0.5) is 0 Å². The van der Waals surface area contributed by atoms with Gasteiger partial charge in [0.1, 0.15) is 5.76 Å². The SMILES string of the molecule is CC(C)(C)NCc1occc1CN1CCOC2CCCC21. The van der Waals surface area contributed by atoms with Gasteiger partial charge in [0.15, 0.2) is 0 Å². The fraction of sp³-hybridized carbons (Fsp3) is 0.765. The number of nitrogens with zero attached hydrogens (tertiary/aromatic N) is 1. The third kappa shape index (κ3) is 3.68. The van der Waals surface area contributed by atoms with Gasteiger partial charge < -0.3 is 14.5 Å². The predicted octanol–water partition coefficient (Wildman–Crippen LogP) is 2.92. The average Bonchev–Trinajstić information content (AvgIpc) is 3.04. The van der Waals surface area contributed by atoms with Crippen LogP contribution in [0.3, 0.4) is 0 Å². The minimum absolute atomic E-state index is 0.111. The monoisotopic (exact) mass is 292 g/mol. The smallest absolute Gasteiger partial charge is 0.122 e. The lowest BCUT2D eigenvalue weighted by Gasteiger charge is -2.37. The highest BCUT2D eigenvalue weighted by atomic mass is 16.5. The summed E-state index contributed by atoms with van der Waals surface area (Å²) in [6.45, 7) is 10.2. The quantitative estimate of drug-likeness (QED) is 0.926. The van der Waals surface area contributed by atoms with Crippen LogP contribution in [-0.2, 0) is 17.8 Å². The van der Waals surface area contributed by atoms with Gasteiger partial charge in [-0.25, -0.2) is 0 Å². The molecule has 1 aromatic heterocycles. The molecule has 0 spiro atoms. The van der Waals surface area contributed by atoms with E-state index in [4.69, 9.17) is 9.15 Å². The van der Waals surface area contributed by atoms with Crippen molar-refractivity contribution in [2.24, 2.45) is 0 Å². The zero-order chi connectivity index (χ0) is 14.9. The van der Waals surface area contributed by atoms with Crippen LogP contribution in [-0.4, -0.2) is 35.7 Å². The summed E-state index contributed by atoms with van der Waals surface area (Å²) >= 11 is 0. The topological polar surface area (TPSA) is 37.6 Å². The van der Waals surface area contributed by atoms with Gasteiger partial charge in [-0.15, -0.1) is 0 Å². The van der Waals surface area contributed by atoms with E-state index in [0.717, 1.165) is 32.0 Å². The first-order valence-corrected chi connectivity index (χ1v) is 8.19. The molecule has 4 heteroatoms. The van der Waals surface area contributed by atoms with Crippen molar-refractivity contribution in [3.05, 3.63) is 23.7 Å². The molecule has 2 atom stereocenters. The number of rotatable bonds is 4. The molecule has 118 valence electrons. The van der Waals surface area contributed by atoms with Crippen LogP contribution in [0, 0.1) is 0 Å². The zero-order valence-corrected chi connectivity index (χ0v) is 13.5. The fourth-order valence-corrected chi connectivity index (χ4v) is 3.43.